The summed E-state index contributed by atoms with van der Waals surface area (Å²) in [5.41, 5.74) is 13.3. The van der Waals surface area contributed by atoms with Gasteiger partial charge in [0.05, 0.1) is 34.5 Å². The summed E-state index contributed by atoms with van der Waals surface area (Å²) < 4.78 is 37.8. The highest BCUT2D eigenvalue weighted by molar-refractivity contribution is 7.90. The van der Waals surface area contributed by atoms with Gasteiger partial charge in [-0.1, -0.05) is 18.2 Å². The molecule has 0 saturated heterocycles. The number of anilines is 1. The number of nitrogens with two attached hydrogens (primary N) is 1. The topological polar surface area (TPSA) is 130 Å². The zero-order chi connectivity index (χ0) is 26.4. The first kappa shape index (κ1) is 23.8. The molecule has 4 heterocycles. The van der Waals surface area contributed by atoms with E-state index < -0.39 is 15.7 Å². The van der Waals surface area contributed by atoms with Crippen LogP contribution in [0, 0.1) is 5.82 Å². The summed E-state index contributed by atoms with van der Waals surface area (Å²) in [5.74, 6) is -0.448. The molecule has 0 unspecified atom stereocenters. The van der Waals surface area contributed by atoms with Crippen LogP contribution < -0.4 is 5.73 Å². The molecular formula is C28H23FN6O2S. The monoisotopic (exact) mass is 526 g/mol. The molecule has 190 valence electrons. The fourth-order valence-corrected chi connectivity index (χ4v) is 5.27. The van der Waals surface area contributed by atoms with Gasteiger partial charge in [0.1, 0.15) is 21.3 Å². The zero-order valence-electron chi connectivity index (χ0n) is 20.4. The van der Waals surface area contributed by atoms with Gasteiger partial charge in [0.2, 0.25) is 0 Å². The second-order valence-corrected chi connectivity index (χ2v) is 11.6. The van der Waals surface area contributed by atoms with E-state index >= 15 is 0 Å². The minimum absolute atomic E-state index is 0.0386. The van der Waals surface area contributed by atoms with Crippen molar-refractivity contribution in [3.05, 3.63) is 84.6 Å². The Morgan fingerprint density at radius 2 is 1.82 bits per heavy atom. The van der Waals surface area contributed by atoms with Gasteiger partial charge in [0, 0.05) is 40.5 Å². The summed E-state index contributed by atoms with van der Waals surface area (Å²) in [5, 5.41) is 9.34. The minimum Gasteiger partial charge on any atom is -0.397 e. The number of sulfone groups is 1. The van der Waals surface area contributed by atoms with E-state index in [-0.39, 0.29) is 12.2 Å². The molecule has 6 rings (SSSR count). The molecule has 0 radical (unpaired) electrons. The van der Waals surface area contributed by atoms with Gasteiger partial charge in [-0.05, 0) is 59.5 Å². The number of nitrogens with one attached hydrogen (secondary N) is 2. The van der Waals surface area contributed by atoms with Crippen LogP contribution in [0.4, 0.5) is 10.1 Å². The Bertz CT molecular complexity index is 1940. The lowest BCUT2D eigenvalue weighted by Gasteiger charge is -2.08. The molecule has 0 saturated carbocycles. The maximum atomic E-state index is 14.5. The van der Waals surface area contributed by atoms with Crippen molar-refractivity contribution in [3.63, 3.8) is 0 Å². The number of hydrogen-bond donors (Lipinski definition) is 3. The molecule has 8 nitrogen and oxygen atoms in total. The highest BCUT2D eigenvalue weighted by atomic mass is 32.2. The van der Waals surface area contributed by atoms with E-state index in [2.05, 4.69) is 25.1 Å². The maximum absolute atomic E-state index is 14.5. The number of aromatic nitrogens is 5. The predicted molar refractivity (Wildman–Crippen MR) is 148 cm³/mol. The lowest BCUT2D eigenvalue weighted by atomic mass is 9.98. The molecule has 4 N–H and O–H groups in total. The number of halogens is 1. The lowest BCUT2D eigenvalue weighted by molar-refractivity contribution is 0.600. The van der Waals surface area contributed by atoms with Crippen molar-refractivity contribution in [1.82, 2.24) is 25.1 Å². The first-order chi connectivity index (χ1) is 18.2. The Kier molecular flexibility index (Phi) is 5.68. The average Bonchev–Trinajstić information content (AvgIpc) is 3.50. The summed E-state index contributed by atoms with van der Waals surface area (Å²) in [4.78, 5) is 12.1. The van der Waals surface area contributed by atoms with E-state index in [4.69, 9.17) is 5.73 Å². The predicted octanol–water partition coefficient (Wildman–Crippen LogP) is 5.14. The van der Waals surface area contributed by atoms with Gasteiger partial charge in [-0.3, -0.25) is 15.1 Å². The Morgan fingerprint density at radius 3 is 2.63 bits per heavy atom. The van der Waals surface area contributed by atoms with Crippen LogP contribution in [0.1, 0.15) is 5.56 Å². The van der Waals surface area contributed by atoms with Gasteiger partial charge < -0.3 is 10.7 Å². The van der Waals surface area contributed by atoms with E-state index in [1.807, 2.05) is 42.5 Å². The van der Waals surface area contributed by atoms with Crippen molar-refractivity contribution in [2.24, 2.45) is 0 Å². The smallest absolute Gasteiger partial charge is 0.147 e. The standard InChI is InChI=1S/C28H23FN6O2S/c1-38(36,37)6-5-16-7-17(9-19(29)8-16)21-3-2-4-24-22(21)11-26(33-24)28-23-12-25(32-15-27(23)34-35-28)18-10-20(30)14-31-13-18/h2-4,7-15,33H,5-6,30H2,1H3,(H,34,35). The van der Waals surface area contributed by atoms with Crippen LogP contribution in [0.5, 0.6) is 0 Å². The molecule has 4 aromatic heterocycles. The van der Waals surface area contributed by atoms with E-state index in [0.717, 1.165) is 50.0 Å². The molecule has 6 aromatic rings. The summed E-state index contributed by atoms with van der Waals surface area (Å²) in [7, 11) is -3.16. The van der Waals surface area contributed by atoms with Crippen LogP contribution in [0.3, 0.4) is 0 Å². The van der Waals surface area contributed by atoms with Gasteiger partial charge in [0.15, 0.2) is 0 Å². The van der Waals surface area contributed by atoms with Crippen molar-refractivity contribution in [3.8, 4) is 33.8 Å². The molecule has 0 bridgehead atoms. The largest absolute Gasteiger partial charge is 0.397 e. The molecule has 0 aliphatic carbocycles. The lowest BCUT2D eigenvalue weighted by Crippen LogP contribution is -2.06. The molecule has 0 aliphatic heterocycles. The number of aromatic amines is 2. The molecule has 0 fully saturated rings. The number of benzene rings is 2. The van der Waals surface area contributed by atoms with Gasteiger partial charge in [-0.25, -0.2) is 12.8 Å². The molecule has 0 atom stereocenters. The molecule has 38 heavy (non-hydrogen) atoms. The van der Waals surface area contributed by atoms with Crippen LogP contribution in [0.2, 0.25) is 0 Å². The Labute approximate surface area is 217 Å². The highest BCUT2D eigenvalue weighted by Gasteiger charge is 2.16. The number of H-pyrrole nitrogens is 2. The molecule has 2 aromatic carbocycles. The Hall–Kier alpha value is -4.57. The summed E-state index contributed by atoms with van der Waals surface area (Å²) in [6, 6.07) is 16.2. The van der Waals surface area contributed by atoms with E-state index in [1.54, 1.807) is 18.6 Å². The second-order valence-electron chi connectivity index (χ2n) is 9.37. The average molecular weight is 527 g/mol. The highest BCUT2D eigenvalue weighted by Crippen LogP contribution is 2.35. The number of nitrogens with zero attached hydrogens (tertiary/aromatic N) is 3. The number of aryl methyl sites for hydroxylation is 1. The molecule has 0 amide bonds. The van der Waals surface area contributed by atoms with Crippen molar-refractivity contribution in [2.75, 3.05) is 17.7 Å². The first-order valence-electron chi connectivity index (χ1n) is 11.9. The summed E-state index contributed by atoms with van der Waals surface area (Å²) >= 11 is 0. The van der Waals surface area contributed by atoms with Gasteiger partial charge in [-0.2, -0.15) is 5.10 Å². The van der Waals surface area contributed by atoms with Gasteiger partial charge in [0.25, 0.3) is 0 Å². The van der Waals surface area contributed by atoms with Crippen LogP contribution in [0.25, 0.3) is 55.6 Å². The zero-order valence-corrected chi connectivity index (χ0v) is 21.2. The quantitative estimate of drug-likeness (QED) is 0.275. The number of hydrogen-bond acceptors (Lipinski definition) is 6. The van der Waals surface area contributed by atoms with E-state index in [9.17, 15) is 12.8 Å². The number of fused-ring (bicyclic) bond motifs is 2. The molecule has 0 spiro atoms. The van der Waals surface area contributed by atoms with Crippen molar-refractivity contribution >= 4 is 37.3 Å². The second kappa shape index (κ2) is 9.07. The third-order valence-electron chi connectivity index (χ3n) is 6.45. The van der Waals surface area contributed by atoms with Crippen LogP contribution >= 0.6 is 0 Å². The number of pyridine rings is 2. The SMILES string of the molecule is CS(=O)(=O)CCc1cc(F)cc(-c2cccc3[nH]c(-c4n[nH]c5cnc(-c6cncc(N)c6)cc45)cc23)c1. The minimum atomic E-state index is -3.16. The van der Waals surface area contributed by atoms with Crippen LogP contribution in [-0.2, 0) is 16.3 Å². The number of nitrogen functional groups attached to an aromatic ring is 1. The van der Waals surface area contributed by atoms with Crippen LogP contribution in [-0.4, -0.2) is 45.6 Å². The third-order valence-corrected chi connectivity index (χ3v) is 7.40. The first-order valence-corrected chi connectivity index (χ1v) is 13.9. The van der Waals surface area contributed by atoms with Crippen LogP contribution in [0.15, 0.2) is 73.2 Å². The van der Waals surface area contributed by atoms with Crippen molar-refractivity contribution < 1.29 is 12.8 Å². The molecule has 10 heteroatoms. The molecular weight excluding hydrogens is 503 g/mol. The van der Waals surface area contributed by atoms with Gasteiger partial charge >= 0.3 is 0 Å². The Morgan fingerprint density at radius 1 is 0.947 bits per heavy atom. The Balaban J connectivity index is 1.43. The summed E-state index contributed by atoms with van der Waals surface area (Å²) in [6.45, 7) is 0. The normalized spacial score (nSPS) is 11.9. The van der Waals surface area contributed by atoms with E-state index in [1.165, 1.54) is 18.4 Å². The van der Waals surface area contributed by atoms with Gasteiger partial charge in [-0.15, -0.1) is 0 Å². The maximum Gasteiger partial charge on any atom is 0.147 e. The molecule has 0 aliphatic rings. The van der Waals surface area contributed by atoms with Crippen molar-refractivity contribution in [2.45, 2.75) is 6.42 Å². The summed E-state index contributed by atoms with van der Waals surface area (Å²) in [6.07, 6.45) is 6.45. The van der Waals surface area contributed by atoms with E-state index in [0.29, 0.717) is 16.8 Å². The fraction of sp³-hybridized carbons (Fsp3) is 0.107. The number of rotatable bonds is 6. The van der Waals surface area contributed by atoms with Crippen molar-refractivity contribution in [1.29, 1.82) is 0 Å². The fourth-order valence-electron chi connectivity index (χ4n) is 4.67. The third kappa shape index (κ3) is 4.61.